The van der Waals surface area contributed by atoms with Gasteiger partial charge in [-0.2, -0.15) is 9.78 Å². The van der Waals surface area contributed by atoms with Crippen LogP contribution in [0.4, 0.5) is 5.69 Å². The Morgan fingerprint density at radius 2 is 1.90 bits per heavy atom. The molecule has 0 saturated heterocycles. The van der Waals surface area contributed by atoms with E-state index in [2.05, 4.69) is 10.4 Å². The zero-order valence-electron chi connectivity index (χ0n) is 10.5. The standard InChI is InChI=1S/C13H11N3O4/c1-8(17)14-9-4-2-3-5-11(9)16-12(18)7-6-10(15-16)13(19)20/h2-7H,1H3,(H,14,17)(H,19,20). The van der Waals surface area contributed by atoms with Crippen LogP contribution < -0.4 is 10.9 Å². The largest absolute Gasteiger partial charge is 0.476 e. The van der Waals surface area contributed by atoms with E-state index in [0.717, 1.165) is 16.8 Å². The molecule has 0 aliphatic heterocycles. The number of carbonyl (C=O) groups is 2. The van der Waals surface area contributed by atoms with Crippen molar-refractivity contribution in [2.75, 3.05) is 5.32 Å². The average Bonchev–Trinajstić information content (AvgIpc) is 2.39. The molecule has 7 heteroatoms. The van der Waals surface area contributed by atoms with Gasteiger partial charge in [0.25, 0.3) is 5.56 Å². The molecule has 0 unspecified atom stereocenters. The summed E-state index contributed by atoms with van der Waals surface area (Å²) in [6, 6.07) is 8.73. The molecule has 2 rings (SSSR count). The fourth-order valence-corrected chi connectivity index (χ4v) is 1.65. The smallest absolute Gasteiger partial charge is 0.356 e. The van der Waals surface area contributed by atoms with Gasteiger partial charge in [0, 0.05) is 13.0 Å². The van der Waals surface area contributed by atoms with Crippen molar-refractivity contribution in [1.82, 2.24) is 9.78 Å². The summed E-state index contributed by atoms with van der Waals surface area (Å²) in [5.74, 6) is -1.55. The molecule has 0 bridgehead atoms. The average molecular weight is 273 g/mol. The Morgan fingerprint density at radius 3 is 2.55 bits per heavy atom. The van der Waals surface area contributed by atoms with Crippen LogP contribution >= 0.6 is 0 Å². The first-order valence-electron chi connectivity index (χ1n) is 5.69. The number of amides is 1. The molecule has 0 saturated carbocycles. The van der Waals surface area contributed by atoms with Gasteiger partial charge >= 0.3 is 5.97 Å². The summed E-state index contributed by atoms with van der Waals surface area (Å²) in [4.78, 5) is 33.9. The third-order valence-corrected chi connectivity index (χ3v) is 2.46. The molecule has 0 atom stereocenters. The summed E-state index contributed by atoms with van der Waals surface area (Å²) in [6.45, 7) is 1.33. The highest BCUT2D eigenvalue weighted by atomic mass is 16.4. The molecule has 2 N–H and O–H groups in total. The SMILES string of the molecule is CC(=O)Nc1ccccc1-n1nc(C(=O)O)ccc1=O. The second kappa shape index (κ2) is 5.35. The second-order valence-electron chi connectivity index (χ2n) is 3.97. The molecule has 20 heavy (non-hydrogen) atoms. The molecule has 2 aromatic rings. The van der Waals surface area contributed by atoms with Crippen LogP contribution in [0.3, 0.4) is 0 Å². The van der Waals surface area contributed by atoms with E-state index in [1.54, 1.807) is 24.3 Å². The maximum atomic E-state index is 11.8. The van der Waals surface area contributed by atoms with Gasteiger partial charge in [0.15, 0.2) is 5.69 Å². The Balaban J connectivity index is 2.62. The Kier molecular flexibility index (Phi) is 3.60. The lowest BCUT2D eigenvalue weighted by Crippen LogP contribution is -2.24. The number of benzene rings is 1. The molecule has 1 heterocycles. The Labute approximate surface area is 113 Å². The summed E-state index contributed by atoms with van der Waals surface area (Å²) in [5.41, 5.74) is -0.0806. The van der Waals surface area contributed by atoms with Gasteiger partial charge in [-0.05, 0) is 18.2 Å². The van der Waals surface area contributed by atoms with Crippen LogP contribution in [0.1, 0.15) is 17.4 Å². The minimum Gasteiger partial charge on any atom is -0.476 e. The lowest BCUT2D eigenvalue weighted by atomic mass is 10.2. The van der Waals surface area contributed by atoms with Crippen LogP contribution in [0.15, 0.2) is 41.2 Å². The van der Waals surface area contributed by atoms with Crippen molar-refractivity contribution in [2.24, 2.45) is 0 Å². The molecule has 0 aliphatic rings. The van der Waals surface area contributed by atoms with Crippen LogP contribution in [0, 0.1) is 0 Å². The summed E-state index contributed by atoms with van der Waals surface area (Å²) < 4.78 is 0.939. The Hall–Kier alpha value is -2.96. The van der Waals surface area contributed by atoms with Crippen LogP contribution in [0.2, 0.25) is 0 Å². The van der Waals surface area contributed by atoms with E-state index in [9.17, 15) is 14.4 Å². The molecular weight excluding hydrogens is 262 g/mol. The zero-order chi connectivity index (χ0) is 14.7. The monoisotopic (exact) mass is 273 g/mol. The lowest BCUT2D eigenvalue weighted by Gasteiger charge is -2.11. The highest BCUT2D eigenvalue weighted by molar-refractivity contribution is 5.91. The molecule has 1 aromatic carbocycles. The number of hydrogen-bond donors (Lipinski definition) is 2. The number of nitrogens with one attached hydrogen (secondary N) is 1. The van der Waals surface area contributed by atoms with E-state index in [0.29, 0.717) is 11.4 Å². The van der Waals surface area contributed by atoms with Gasteiger partial charge in [-0.3, -0.25) is 9.59 Å². The van der Waals surface area contributed by atoms with Crippen molar-refractivity contribution >= 4 is 17.6 Å². The Bertz CT molecular complexity index is 736. The molecule has 1 amide bonds. The zero-order valence-corrected chi connectivity index (χ0v) is 10.5. The fourth-order valence-electron chi connectivity index (χ4n) is 1.65. The van der Waals surface area contributed by atoms with E-state index >= 15 is 0 Å². The van der Waals surface area contributed by atoms with Crippen molar-refractivity contribution in [3.8, 4) is 5.69 Å². The normalized spacial score (nSPS) is 10.1. The van der Waals surface area contributed by atoms with Crippen molar-refractivity contribution in [1.29, 1.82) is 0 Å². The van der Waals surface area contributed by atoms with Crippen molar-refractivity contribution < 1.29 is 14.7 Å². The highest BCUT2D eigenvalue weighted by Crippen LogP contribution is 2.17. The van der Waals surface area contributed by atoms with E-state index in [-0.39, 0.29) is 11.6 Å². The first-order chi connectivity index (χ1) is 9.49. The maximum Gasteiger partial charge on any atom is 0.356 e. The van der Waals surface area contributed by atoms with Crippen LogP contribution in [0.25, 0.3) is 5.69 Å². The minimum atomic E-state index is -1.24. The summed E-state index contributed by atoms with van der Waals surface area (Å²) in [5, 5.41) is 15.2. The molecule has 102 valence electrons. The van der Waals surface area contributed by atoms with Crippen molar-refractivity contribution in [3.05, 3.63) is 52.4 Å². The van der Waals surface area contributed by atoms with E-state index < -0.39 is 11.5 Å². The predicted octanol–water partition coefficient (Wildman–Crippen LogP) is 0.889. The fraction of sp³-hybridized carbons (Fsp3) is 0.0769. The lowest BCUT2D eigenvalue weighted by molar-refractivity contribution is -0.114. The van der Waals surface area contributed by atoms with Crippen LogP contribution in [-0.2, 0) is 4.79 Å². The minimum absolute atomic E-state index is 0.262. The number of carbonyl (C=O) groups excluding carboxylic acids is 1. The van der Waals surface area contributed by atoms with E-state index in [4.69, 9.17) is 5.11 Å². The third-order valence-electron chi connectivity index (χ3n) is 2.46. The number of anilines is 1. The highest BCUT2D eigenvalue weighted by Gasteiger charge is 2.11. The summed E-state index contributed by atoms with van der Waals surface area (Å²) in [7, 11) is 0. The van der Waals surface area contributed by atoms with Gasteiger partial charge in [-0.1, -0.05) is 12.1 Å². The Morgan fingerprint density at radius 1 is 1.20 bits per heavy atom. The van der Waals surface area contributed by atoms with Crippen molar-refractivity contribution in [2.45, 2.75) is 6.92 Å². The van der Waals surface area contributed by atoms with E-state index in [1.807, 2.05) is 0 Å². The molecule has 1 aromatic heterocycles. The van der Waals surface area contributed by atoms with Gasteiger partial charge < -0.3 is 10.4 Å². The van der Waals surface area contributed by atoms with Gasteiger partial charge in [0.05, 0.1) is 11.4 Å². The molecule has 7 nitrogen and oxygen atoms in total. The number of para-hydroxylation sites is 2. The maximum absolute atomic E-state index is 11.8. The molecular formula is C13H11N3O4. The molecule has 0 aliphatic carbocycles. The quantitative estimate of drug-likeness (QED) is 0.864. The van der Waals surface area contributed by atoms with Crippen molar-refractivity contribution in [3.63, 3.8) is 0 Å². The number of nitrogens with zero attached hydrogens (tertiary/aromatic N) is 2. The number of carboxylic acids is 1. The summed E-state index contributed by atoms with van der Waals surface area (Å²) in [6.07, 6.45) is 0. The van der Waals surface area contributed by atoms with Gasteiger partial charge in [0.2, 0.25) is 5.91 Å². The van der Waals surface area contributed by atoms with Gasteiger partial charge in [-0.15, -0.1) is 0 Å². The summed E-state index contributed by atoms with van der Waals surface area (Å²) >= 11 is 0. The topological polar surface area (TPSA) is 101 Å². The second-order valence-corrected chi connectivity index (χ2v) is 3.97. The molecule has 0 spiro atoms. The first kappa shape index (κ1) is 13.5. The predicted molar refractivity (Wildman–Crippen MR) is 71.1 cm³/mol. The number of carboxylic acid groups (broad SMARTS) is 1. The number of aromatic carboxylic acids is 1. The molecule has 0 fully saturated rings. The van der Waals surface area contributed by atoms with E-state index in [1.165, 1.54) is 6.92 Å². The number of hydrogen-bond acceptors (Lipinski definition) is 4. The third kappa shape index (κ3) is 2.72. The van der Waals surface area contributed by atoms with Gasteiger partial charge in [-0.25, -0.2) is 4.79 Å². The van der Waals surface area contributed by atoms with Crippen LogP contribution in [0.5, 0.6) is 0 Å². The number of aromatic nitrogens is 2. The number of rotatable bonds is 3. The van der Waals surface area contributed by atoms with Crippen LogP contribution in [-0.4, -0.2) is 26.8 Å². The van der Waals surface area contributed by atoms with Gasteiger partial charge in [0.1, 0.15) is 0 Å². The molecule has 0 radical (unpaired) electrons. The first-order valence-corrected chi connectivity index (χ1v) is 5.69.